The maximum atomic E-state index is 5.87. The van der Waals surface area contributed by atoms with Gasteiger partial charge in [-0.05, 0) is 39.0 Å². The van der Waals surface area contributed by atoms with Crippen LogP contribution in [0.5, 0.6) is 0 Å². The number of nitrogens with one attached hydrogen (secondary N) is 2. The molecule has 1 unspecified atom stereocenters. The highest BCUT2D eigenvalue weighted by molar-refractivity contribution is 14.0. The van der Waals surface area contributed by atoms with E-state index in [4.69, 9.17) is 9.47 Å². The van der Waals surface area contributed by atoms with Crippen molar-refractivity contribution in [2.24, 2.45) is 4.99 Å². The van der Waals surface area contributed by atoms with Gasteiger partial charge in [0.15, 0.2) is 5.96 Å². The van der Waals surface area contributed by atoms with Crippen molar-refractivity contribution in [3.8, 4) is 0 Å². The van der Waals surface area contributed by atoms with Crippen molar-refractivity contribution in [3.05, 3.63) is 0 Å². The van der Waals surface area contributed by atoms with Gasteiger partial charge >= 0.3 is 0 Å². The number of aliphatic imine (C=N–C) groups is 1. The Labute approximate surface area is 152 Å². The van der Waals surface area contributed by atoms with E-state index in [1.54, 1.807) is 0 Å². The highest BCUT2D eigenvalue weighted by Gasteiger charge is 2.15. The molecule has 0 aromatic carbocycles. The Kier molecular flexibility index (Phi) is 11.2. The Morgan fingerprint density at radius 2 is 2.00 bits per heavy atom. The van der Waals surface area contributed by atoms with Gasteiger partial charge in [-0.25, -0.2) is 0 Å². The summed E-state index contributed by atoms with van der Waals surface area (Å²) >= 11 is 0. The maximum absolute atomic E-state index is 5.87. The summed E-state index contributed by atoms with van der Waals surface area (Å²) in [6, 6.07) is 0. The van der Waals surface area contributed by atoms with Gasteiger partial charge in [-0.1, -0.05) is 12.8 Å². The molecule has 1 saturated heterocycles. The number of rotatable bonds is 8. The van der Waals surface area contributed by atoms with Crippen molar-refractivity contribution >= 4 is 29.9 Å². The second-order valence-electron chi connectivity index (χ2n) is 5.91. The topological polar surface area (TPSA) is 54.9 Å². The van der Waals surface area contributed by atoms with Crippen molar-refractivity contribution in [3.63, 3.8) is 0 Å². The molecule has 1 aliphatic carbocycles. The van der Waals surface area contributed by atoms with Crippen LogP contribution in [-0.2, 0) is 9.47 Å². The first-order valence-corrected chi connectivity index (χ1v) is 8.64. The molecule has 1 aliphatic heterocycles. The van der Waals surface area contributed by atoms with E-state index in [9.17, 15) is 0 Å². The lowest BCUT2D eigenvalue weighted by Crippen LogP contribution is -2.38. The van der Waals surface area contributed by atoms with Crippen LogP contribution in [0.15, 0.2) is 4.99 Å². The molecule has 1 saturated carbocycles. The fourth-order valence-electron chi connectivity index (χ4n) is 2.91. The van der Waals surface area contributed by atoms with Crippen LogP contribution in [0.3, 0.4) is 0 Å². The summed E-state index contributed by atoms with van der Waals surface area (Å²) in [5.74, 6) is 0.897. The van der Waals surface area contributed by atoms with Crippen molar-refractivity contribution in [2.45, 2.75) is 64.1 Å². The van der Waals surface area contributed by atoms with Gasteiger partial charge in [-0.15, -0.1) is 24.0 Å². The first kappa shape index (κ1) is 20.0. The molecule has 2 N–H and O–H groups in total. The third-order valence-corrected chi connectivity index (χ3v) is 4.09. The summed E-state index contributed by atoms with van der Waals surface area (Å²) in [5, 5.41) is 6.65. The Morgan fingerprint density at radius 3 is 2.68 bits per heavy atom. The van der Waals surface area contributed by atoms with Gasteiger partial charge in [-0.3, -0.25) is 4.99 Å². The van der Waals surface area contributed by atoms with Crippen LogP contribution in [0.2, 0.25) is 0 Å². The second-order valence-corrected chi connectivity index (χ2v) is 5.91. The number of ether oxygens (including phenoxy) is 2. The van der Waals surface area contributed by atoms with Gasteiger partial charge in [0.2, 0.25) is 0 Å². The summed E-state index contributed by atoms with van der Waals surface area (Å²) in [5.41, 5.74) is 0. The summed E-state index contributed by atoms with van der Waals surface area (Å²) in [6.45, 7) is 6.38. The van der Waals surface area contributed by atoms with E-state index < -0.39 is 0 Å². The molecule has 0 amide bonds. The Hall–Kier alpha value is -0.0800. The first-order valence-electron chi connectivity index (χ1n) is 8.64. The lowest BCUT2D eigenvalue weighted by molar-refractivity contribution is 0.0574. The van der Waals surface area contributed by atoms with E-state index in [1.807, 2.05) is 0 Å². The molecule has 2 rings (SSSR count). The SMILES string of the molecule is CCNC(=NCC1CCCO1)NCCCOC1CCCC1.I. The summed E-state index contributed by atoms with van der Waals surface area (Å²) < 4.78 is 11.5. The molecule has 1 heterocycles. The fourth-order valence-corrected chi connectivity index (χ4v) is 2.91. The predicted molar refractivity (Wildman–Crippen MR) is 101 cm³/mol. The van der Waals surface area contributed by atoms with Crippen molar-refractivity contribution in [1.82, 2.24) is 10.6 Å². The van der Waals surface area contributed by atoms with Crippen LogP contribution >= 0.6 is 24.0 Å². The van der Waals surface area contributed by atoms with Crippen LogP contribution in [0.4, 0.5) is 0 Å². The van der Waals surface area contributed by atoms with E-state index in [0.29, 0.717) is 12.2 Å². The molecular weight excluding hydrogens is 393 g/mol. The second kappa shape index (κ2) is 12.4. The lowest BCUT2D eigenvalue weighted by atomic mass is 10.2. The largest absolute Gasteiger partial charge is 0.378 e. The molecule has 130 valence electrons. The van der Waals surface area contributed by atoms with Crippen molar-refractivity contribution < 1.29 is 9.47 Å². The average molecular weight is 425 g/mol. The number of halogens is 1. The van der Waals surface area contributed by atoms with Crippen molar-refractivity contribution in [1.29, 1.82) is 0 Å². The summed E-state index contributed by atoms with van der Waals surface area (Å²) in [7, 11) is 0. The highest BCUT2D eigenvalue weighted by atomic mass is 127. The minimum absolute atomic E-state index is 0. The van der Waals surface area contributed by atoms with Gasteiger partial charge in [0.25, 0.3) is 0 Å². The third kappa shape index (κ3) is 7.97. The molecule has 2 aliphatic rings. The van der Waals surface area contributed by atoms with Crippen LogP contribution in [0.1, 0.15) is 51.9 Å². The van der Waals surface area contributed by atoms with E-state index in [-0.39, 0.29) is 24.0 Å². The van der Waals surface area contributed by atoms with E-state index in [2.05, 4.69) is 22.5 Å². The molecule has 2 fully saturated rings. The van der Waals surface area contributed by atoms with Gasteiger partial charge in [0.1, 0.15) is 0 Å². The zero-order valence-corrected chi connectivity index (χ0v) is 16.1. The zero-order valence-electron chi connectivity index (χ0n) is 13.8. The maximum Gasteiger partial charge on any atom is 0.191 e. The highest BCUT2D eigenvalue weighted by Crippen LogP contribution is 2.20. The third-order valence-electron chi connectivity index (χ3n) is 4.09. The zero-order chi connectivity index (χ0) is 14.8. The number of hydrogen-bond acceptors (Lipinski definition) is 3. The minimum atomic E-state index is 0. The summed E-state index contributed by atoms with van der Waals surface area (Å²) in [6.07, 6.45) is 9.34. The fraction of sp³-hybridized carbons (Fsp3) is 0.938. The predicted octanol–water partition coefficient (Wildman–Crippen LogP) is 2.69. The smallest absolute Gasteiger partial charge is 0.191 e. The van der Waals surface area contributed by atoms with Crippen LogP contribution < -0.4 is 10.6 Å². The number of hydrogen-bond donors (Lipinski definition) is 2. The summed E-state index contributed by atoms with van der Waals surface area (Å²) in [4.78, 5) is 4.60. The van der Waals surface area contributed by atoms with Crippen LogP contribution in [0, 0.1) is 0 Å². The standard InChI is InChI=1S/C16H31N3O2.HI/c1-2-17-16(19-13-15-9-5-11-21-15)18-10-6-12-20-14-7-3-4-8-14;/h14-15H,2-13H2,1H3,(H2,17,18,19);1H. The van der Waals surface area contributed by atoms with E-state index in [0.717, 1.165) is 51.6 Å². The minimum Gasteiger partial charge on any atom is -0.378 e. The number of nitrogens with zero attached hydrogens (tertiary/aromatic N) is 1. The van der Waals surface area contributed by atoms with Crippen LogP contribution in [0.25, 0.3) is 0 Å². The molecule has 22 heavy (non-hydrogen) atoms. The molecule has 0 aromatic heterocycles. The lowest BCUT2D eigenvalue weighted by Gasteiger charge is -2.14. The van der Waals surface area contributed by atoms with Gasteiger partial charge in [0.05, 0.1) is 18.8 Å². The van der Waals surface area contributed by atoms with E-state index in [1.165, 1.54) is 32.1 Å². The molecular formula is C16H32IN3O2. The van der Waals surface area contributed by atoms with Crippen LogP contribution in [-0.4, -0.2) is 51.0 Å². The normalized spacial score (nSPS) is 22.6. The van der Waals surface area contributed by atoms with Gasteiger partial charge in [0, 0.05) is 26.3 Å². The average Bonchev–Trinajstić information content (AvgIpc) is 3.17. The van der Waals surface area contributed by atoms with Crippen molar-refractivity contribution in [2.75, 3.05) is 32.8 Å². The van der Waals surface area contributed by atoms with Gasteiger partial charge in [-0.2, -0.15) is 0 Å². The first-order chi connectivity index (χ1) is 10.4. The molecule has 0 bridgehead atoms. The van der Waals surface area contributed by atoms with E-state index >= 15 is 0 Å². The molecule has 0 spiro atoms. The Morgan fingerprint density at radius 1 is 1.18 bits per heavy atom. The monoisotopic (exact) mass is 425 g/mol. The molecule has 5 nitrogen and oxygen atoms in total. The quantitative estimate of drug-likeness (QED) is 0.272. The molecule has 1 atom stereocenters. The van der Waals surface area contributed by atoms with Gasteiger partial charge < -0.3 is 20.1 Å². The Balaban J connectivity index is 0.00000242. The Bertz CT molecular complexity index is 304. The molecule has 0 aromatic rings. The number of guanidine groups is 1. The molecule has 6 heteroatoms. The molecule has 0 radical (unpaired) electrons.